The van der Waals surface area contributed by atoms with Gasteiger partial charge in [-0.05, 0) is 36.8 Å². The van der Waals surface area contributed by atoms with Crippen molar-refractivity contribution >= 4 is 17.6 Å². The second kappa shape index (κ2) is 7.24. The van der Waals surface area contributed by atoms with Gasteiger partial charge in [0.25, 0.3) is 0 Å². The Morgan fingerprint density at radius 1 is 1.15 bits per heavy atom. The van der Waals surface area contributed by atoms with Crippen LogP contribution < -0.4 is 5.32 Å². The molecule has 0 saturated heterocycles. The fraction of sp³-hybridized carbons (Fsp3) is 0.267. The maximum absolute atomic E-state index is 13.1. The molecule has 1 heterocycles. The number of benzene rings is 1. The lowest BCUT2D eigenvalue weighted by atomic mass is 10.3. The maximum atomic E-state index is 13.1. The fourth-order valence-corrected chi connectivity index (χ4v) is 2.46. The van der Waals surface area contributed by atoms with Gasteiger partial charge in [0.15, 0.2) is 11.6 Å². The average Bonchev–Trinajstić information content (AvgIpc) is 2.47. The smallest absolute Gasteiger partial charge is 0.159 e. The number of rotatable bonds is 6. The lowest BCUT2D eigenvalue weighted by molar-refractivity contribution is 0.506. The molecule has 1 aromatic carbocycles. The third kappa shape index (κ3) is 4.20. The molecule has 1 N–H and O–H groups in total. The van der Waals surface area contributed by atoms with E-state index in [0.717, 1.165) is 30.5 Å². The monoisotopic (exact) mass is 294 g/mol. The standard InChI is InChI=1S/C15H16F2N2S/c1-2-8-18-15-5-3-4-11(19-15)10-20-12-6-7-13(16)14(17)9-12/h3-7,9H,2,8,10H2,1H3,(H,18,19). The summed E-state index contributed by atoms with van der Waals surface area (Å²) in [5.41, 5.74) is 0.904. The highest BCUT2D eigenvalue weighted by Gasteiger charge is 2.04. The van der Waals surface area contributed by atoms with Crippen molar-refractivity contribution in [3.63, 3.8) is 0 Å². The van der Waals surface area contributed by atoms with E-state index < -0.39 is 11.6 Å². The quantitative estimate of drug-likeness (QED) is 0.795. The van der Waals surface area contributed by atoms with Crippen molar-refractivity contribution in [1.29, 1.82) is 0 Å². The highest BCUT2D eigenvalue weighted by Crippen LogP contribution is 2.24. The number of nitrogens with one attached hydrogen (secondary N) is 1. The van der Waals surface area contributed by atoms with Gasteiger partial charge < -0.3 is 5.32 Å². The van der Waals surface area contributed by atoms with Crippen molar-refractivity contribution in [3.8, 4) is 0 Å². The molecule has 0 radical (unpaired) electrons. The minimum atomic E-state index is -0.821. The molecule has 5 heteroatoms. The molecule has 0 saturated carbocycles. The molecule has 0 unspecified atom stereocenters. The summed E-state index contributed by atoms with van der Waals surface area (Å²) in [6.45, 7) is 2.97. The van der Waals surface area contributed by atoms with Crippen LogP contribution in [0.1, 0.15) is 19.0 Å². The van der Waals surface area contributed by atoms with E-state index in [1.54, 1.807) is 6.07 Å². The number of thioether (sulfide) groups is 1. The van der Waals surface area contributed by atoms with Crippen LogP contribution >= 0.6 is 11.8 Å². The first-order valence-corrected chi connectivity index (χ1v) is 7.45. The van der Waals surface area contributed by atoms with Crippen LogP contribution in [0, 0.1) is 11.6 Å². The zero-order chi connectivity index (χ0) is 14.4. The number of anilines is 1. The fourth-order valence-electron chi connectivity index (χ4n) is 1.64. The normalized spacial score (nSPS) is 10.6. The molecule has 2 rings (SSSR count). The number of halogens is 2. The molecule has 0 aliphatic carbocycles. The summed E-state index contributed by atoms with van der Waals surface area (Å²) in [6, 6.07) is 9.70. The lowest BCUT2D eigenvalue weighted by Gasteiger charge is -2.06. The Bertz CT molecular complexity index is 576. The molecule has 0 fully saturated rings. The van der Waals surface area contributed by atoms with E-state index >= 15 is 0 Å². The van der Waals surface area contributed by atoms with Gasteiger partial charge in [-0.25, -0.2) is 13.8 Å². The molecule has 2 aromatic rings. The second-order valence-electron chi connectivity index (χ2n) is 4.31. The molecule has 106 valence electrons. The largest absolute Gasteiger partial charge is 0.370 e. The Labute approximate surface area is 121 Å². The van der Waals surface area contributed by atoms with Crippen LogP contribution in [0.15, 0.2) is 41.3 Å². The number of hydrogen-bond acceptors (Lipinski definition) is 3. The number of aromatic nitrogens is 1. The van der Waals surface area contributed by atoms with Crippen LogP contribution in [-0.2, 0) is 5.75 Å². The Morgan fingerprint density at radius 3 is 2.75 bits per heavy atom. The molecule has 0 bridgehead atoms. The summed E-state index contributed by atoms with van der Waals surface area (Å²) in [7, 11) is 0. The molecule has 0 aliphatic heterocycles. The molecular formula is C15H16F2N2S. The zero-order valence-electron chi connectivity index (χ0n) is 11.2. The highest BCUT2D eigenvalue weighted by atomic mass is 32.2. The minimum absolute atomic E-state index is 0.618. The van der Waals surface area contributed by atoms with Crippen molar-refractivity contribution < 1.29 is 8.78 Å². The van der Waals surface area contributed by atoms with Gasteiger partial charge in [0, 0.05) is 17.2 Å². The third-order valence-electron chi connectivity index (χ3n) is 2.64. The predicted molar refractivity (Wildman–Crippen MR) is 78.9 cm³/mol. The molecular weight excluding hydrogens is 278 g/mol. The SMILES string of the molecule is CCCNc1cccc(CSc2ccc(F)c(F)c2)n1. The van der Waals surface area contributed by atoms with E-state index in [-0.39, 0.29) is 0 Å². The number of hydrogen-bond donors (Lipinski definition) is 1. The van der Waals surface area contributed by atoms with Crippen LogP contribution in [0.25, 0.3) is 0 Å². The van der Waals surface area contributed by atoms with Crippen molar-refractivity contribution in [2.24, 2.45) is 0 Å². The summed E-state index contributed by atoms with van der Waals surface area (Å²) in [6.07, 6.45) is 1.04. The highest BCUT2D eigenvalue weighted by molar-refractivity contribution is 7.98. The summed E-state index contributed by atoms with van der Waals surface area (Å²) in [5.74, 6) is -0.179. The third-order valence-corrected chi connectivity index (χ3v) is 3.67. The maximum Gasteiger partial charge on any atom is 0.159 e. The van der Waals surface area contributed by atoms with Crippen molar-refractivity contribution in [1.82, 2.24) is 4.98 Å². The summed E-state index contributed by atoms with van der Waals surface area (Å²) >= 11 is 1.43. The van der Waals surface area contributed by atoms with Gasteiger partial charge in [-0.1, -0.05) is 13.0 Å². The Kier molecular flexibility index (Phi) is 5.35. The topological polar surface area (TPSA) is 24.9 Å². The summed E-state index contributed by atoms with van der Waals surface area (Å²) in [5, 5.41) is 3.22. The van der Waals surface area contributed by atoms with Crippen molar-refractivity contribution in [2.45, 2.75) is 24.0 Å². The van der Waals surface area contributed by atoms with E-state index in [4.69, 9.17) is 0 Å². The van der Waals surface area contributed by atoms with E-state index in [1.165, 1.54) is 17.8 Å². The minimum Gasteiger partial charge on any atom is -0.370 e. The van der Waals surface area contributed by atoms with Crippen molar-refractivity contribution in [2.75, 3.05) is 11.9 Å². The first-order valence-electron chi connectivity index (χ1n) is 6.46. The van der Waals surface area contributed by atoms with Crippen LogP contribution in [0.4, 0.5) is 14.6 Å². The molecule has 1 aromatic heterocycles. The van der Waals surface area contributed by atoms with Gasteiger partial charge >= 0.3 is 0 Å². The molecule has 2 nitrogen and oxygen atoms in total. The zero-order valence-corrected chi connectivity index (χ0v) is 12.0. The first kappa shape index (κ1) is 14.8. The van der Waals surface area contributed by atoms with Crippen LogP contribution in [-0.4, -0.2) is 11.5 Å². The van der Waals surface area contributed by atoms with E-state index in [1.807, 2.05) is 18.2 Å². The number of nitrogens with zero attached hydrogens (tertiary/aromatic N) is 1. The lowest BCUT2D eigenvalue weighted by Crippen LogP contribution is -2.02. The second-order valence-corrected chi connectivity index (χ2v) is 5.35. The Morgan fingerprint density at radius 2 is 2.00 bits per heavy atom. The average molecular weight is 294 g/mol. The van der Waals surface area contributed by atoms with Crippen LogP contribution in [0.5, 0.6) is 0 Å². The van der Waals surface area contributed by atoms with Crippen molar-refractivity contribution in [3.05, 3.63) is 53.7 Å². The van der Waals surface area contributed by atoms with Gasteiger partial charge in [-0.3, -0.25) is 0 Å². The van der Waals surface area contributed by atoms with Gasteiger partial charge in [0.2, 0.25) is 0 Å². The molecule has 0 amide bonds. The van der Waals surface area contributed by atoms with Gasteiger partial charge in [0.05, 0.1) is 5.69 Å². The number of pyridine rings is 1. The van der Waals surface area contributed by atoms with Crippen LogP contribution in [0.3, 0.4) is 0 Å². The summed E-state index contributed by atoms with van der Waals surface area (Å²) in [4.78, 5) is 5.16. The summed E-state index contributed by atoms with van der Waals surface area (Å²) < 4.78 is 25.9. The van der Waals surface area contributed by atoms with E-state index in [2.05, 4.69) is 17.2 Å². The van der Waals surface area contributed by atoms with E-state index in [9.17, 15) is 8.78 Å². The van der Waals surface area contributed by atoms with Gasteiger partial charge in [0.1, 0.15) is 5.82 Å². The van der Waals surface area contributed by atoms with Gasteiger partial charge in [-0.2, -0.15) is 0 Å². The molecule has 0 spiro atoms. The first-order chi connectivity index (χ1) is 9.69. The molecule has 0 atom stereocenters. The molecule has 20 heavy (non-hydrogen) atoms. The van der Waals surface area contributed by atoms with Gasteiger partial charge in [-0.15, -0.1) is 11.8 Å². The van der Waals surface area contributed by atoms with E-state index in [0.29, 0.717) is 10.6 Å². The Balaban J connectivity index is 1.97. The predicted octanol–water partition coefficient (Wildman–Crippen LogP) is 4.47. The van der Waals surface area contributed by atoms with Crippen LogP contribution in [0.2, 0.25) is 0 Å². The molecule has 0 aliphatic rings. The Hall–Kier alpha value is -1.62.